The van der Waals surface area contributed by atoms with E-state index in [9.17, 15) is 0 Å². The van der Waals surface area contributed by atoms with Crippen LogP contribution < -0.4 is 10.1 Å². The maximum absolute atomic E-state index is 6.25. The number of benzene rings is 2. The summed E-state index contributed by atoms with van der Waals surface area (Å²) < 4.78 is 6.25. The van der Waals surface area contributed by atoms with Crippen molar-refractivity contribution in [2.45, 2.75) is 37.6 Å². The highest BCUT2D eigenvalue weighted by atomic mass is 35.5. The van der Waals surface area contributed by atoms with E-state index in [2.05, 4.69) is 27.4 Å². The monoisotopic (exact) mass is 412 g/mol. The zero-order valence-corrected chi connectivity index (χ0v) is 17.1. The summed E-state index contributed by atoms with van der Waals surface area (Å²) in [7, 11) is 0. The minimum Gasteiger partial charge on any atom is -0.448 e. The second kappa shape index (κ2) is 8.80. The highest BCUT2D eigenvalue weighted by molar-refractivity contribution is 7.99. The number of hydrogen-bond acceptors (Lipinski definition) is 6. The molecule has 0 fully saturated rings. The van der Waals surface area contributed by atoms with E-state index in [-0.39, 0.29) is 0 Å². The molecule has 0 amide bonds. The number of thioether (sulfide) groups is 1. The number of unbranched alkanes of at least 4 members (excludes halogenated alkanes) is 2. The van der Waals surface area contributed by atoms with E-state index in [0.717, 1.165) is 29.0 Å². The lowest BCUT2D eigenvalue weighted by Gasteiger charge is -2.19. The summed E-state index contributed by atoms with van der Waals surface area (Å²) in [6, 6.07) is 15.6. The lowest BCUT2D eigenvalue weighted by Crippen LogP contribution is -2.17. The van der Waals surface area contributed by atoms with Gasteiger partial charge in [0.25, 0.3) is 0 Å². The summed E-state index contributed by atoms with van der Waals surface area (Å²) in [5.74, 6) is 1.47. The highest BCUT2D eigenvalue weighted by Gasteiger charge is 2.25. The van der Waals surface area contributed by atoms with Crippen LogP contribution in [0.15, 0.2) is 53.7 Å². The van der Waals surface area contributed by atoms with Crippen molar-refractivity contribution in [2.75, 3.05) is 11.1 Å². The van der Waals surface area contributed by atoms with E-state index in [1.165, 1.54) is 12.8 Å². The zero-order valence-electron chi connectivity index (χ0n) is 15.6. The number of ether oxygens (including phenoxy) is 1. The van der Waals surface area contributed by atoms with Crippen LogP contribution in [-0.2, 0) is 0 Å². The van der Waals surface area contributed by atoms with Crippen molar-refractivity contribution in [1.82, 2.24) is 15.2 Å². The van der Waals surface area contributed by atoms with E-state index in [1.54, 1.807) is 11.8 Å². The molecule has 4 rings (SSSR count). The average molecular weight is 413 g/mol. The van der Waals surface area contributed by atoms with Gasteiger partial charge in [-0.1, -0.05) is 73.5 Å². The largest absolute Gasteiger partial charge is 0.448 e. The summed E-state index contributed by atoms with van der Waals surface area (Å²) in [6.45, 7) is 2.19. The highest BCUT2D eigenvalue weighted by Crippen LogP contribution is 2.39. The summed E-state index contributed by atoms with van der Waals surface area (Å²) >= 11 is 7.66. The van der Waals surface area contributed by atoms with Crippen LogP contribution in [-0.4, -0.2) is 20.9 Å². The molecule has 3 aromatic rings. The Morgan fingerprint density at radius 3 is 2.71 bits per heavy atom. The Labute approximate surface area is 173 Å². The number of hydrogen-bond donors (Lipinski definition) is 1. The lowest BCUT2D eigenvalue weighted by molar-refractivity contribution is 0.225. The molecule has 1 aliphatic rings. The maximum Gasteiger partial charge on any atom is 0.247 e. The fourth-order valence-electron chi connectivity index (χ4n) is 3.01. The van der Waals surface area contributed by atoms with Gasteiger partial charge in [-0.3, -0.25) is 0 Å². The Morgan fingerprint density at radius 2 is 1.89 bits per heavy atom. The van der Waals surface area contributed by atoms with Crippen LogP contribution in [0.1, 0.15) is 38.0 Å². The SMILES string of the molecule is CCCCCSc1nnc2c(n1)OC(c1ccc(Cl)cc1)Nc1ccccc1-2. The van der Waals surface area contributed by atoms with Gasteiger partial charge in [-0.05, 0) is 24.6 Å². The van der Waals surface area contributed by atoms with Crippen molar-refractivity contribution in [1.29, 1.82) is 0 Å². The van der Waals surface area contributed by atoms with E-state index in [0.29, 0.717) is 21.8 Å². The molecule has 0 bridgehead atoms. The molecule has 0 radical (unpaired) electrons. The second-order valence-corrected chi connectivity index (χ2v) is 8.04. The Kier molecular flexibility index (Phi) is 5.98. The van der Waals surface area contributed by atoms with E-state index in [4.69, 9.17) is 16.3 Å². The van der Waals surface area contributed by atoms with Crippen molar-refractivity contribution in [3.05, 3.63) is 59.1 Å². The van der Waals surface area contributed by atoms with Crippen LogP contribution in [0, 0.1) is 0 Å². The van der Waals surface area contributed by atoms with Crippen LogP contribution in [0.25, 0.3) is 11.3 Å². The number of anilines is 1. The molecule has 144 valence electrons. The summed E-state index contributed by atoms with van der Waals surface area (Å²) in [5, 5.41) is 13.5. The minimum absolute atomic E-state index is 0.394. The molecule has 2 aromatic carbocycles. The summed E-state index contributed by atoms with van der Waals surface area (Å²) in [6.07, 6.45) is 3.14. The Bertz CT molecular complexity index is 951. The smallest absolute Gasteiger partial charge is 0.247 e. The third-order valence-corrected chi connectivity index (χ3v) is 5.66. The van der Waals surface area contributed by atoms with Gasteiger partial charge in [0.05, 0.1) is 0 Å². The molecule has 1 atom stereocenters. The lowest BCUT2D eigenvalue weighted by atomic mass is 10.1. The van der Waals surface area contributed by atoms with Crippen LogP contribution in [0.2, 0.25) is 5.02 Å². The third kappa shape index (κ3) is 4.23. The van der Waals surface area contributed by atoms with E-state index in [1.807, 2.05) is 48.5 Å². The van der Waals surface area contributed by atoms with E-state index < -0.39 is 6.23 Å². The van der Waals surface area contributed by atoms with Gasteiger partial charge in [0.15, 0.2) is 11.9 Å². The second-order valence-electron chi connectivity index (χ2n) is 6.54. The third-order valence-electron chi connectivity index (χ3n) is 4.49. The number of halogens is 1. The number of para-hydroxylation sites is 1. The number of nitrogens with zero attached hydrogens (tertiary/aromatic N) is 3. The molecule has 2 heterocycles. The van der Waals surface area contributed by atoms with E-state index >= 15 is 0 Å². The molecule has 7 heteroatoms. The van der Waals surface area contributed by atoms with Gasteiger partial charge in [0, 0.05) is 27.6 Å². The molecular formula is C21H21ClN4OS. The van der Waals surface area contributed by atoms with Gasteiger partial charge in [0.2, 0.25) is 11.0 Å². The van der Waals surface area contributed by atoms with Gasteiger partial charge in [-0.2, -0.15) is 4.98 Å². The van der Waals surface area contributed by atoms with Crippen LogP contribution >= 0.6 is 23.4 Å². The molecule has 0 saturated carbocycles. The summed E-state index contributed by atoms with van der Waals surface area (Å²) in [4.78, 5) is 4.66. The van der Waals surface area contributed by atoms with Crippen molar-refractivity contribution in [3.8, 4) is 17.1 Å². The molecule has 0 saturated heterocycles. The fourth-order valence-corrected chi connectivity index (χ4v) is 3.92. The molecule has 1 N–H and O–H groups in total. The Morgan fingerprint density at radius 1 is 1.07 bits per heavy atom. The molecule has 1 aliphatic heterocycles. The van der Waals surface area contributed by atoms with Crippen LogP contribution in [0.4, 0.5) is 5.69 Å². The van der Waals surface area contributed by atoms with Gasteiger partial charge >= 0.3 is 0 Å². The van der Waals surface area contributed by atoms with Gasteiger partial charge in [0.1, 0.15) is 0 Å². The van der Waals surface area contributed by atoms with Gasteiger partial charge < -0.3 is 10.1 Å². The summed E-state index contributed by atoms with van der Waals surface area (Å²) in [5.41, 5.74) is 3.47. The molecule has 1 unspecified atom stereocenters. The molecular weight excluding hydrogens is 392 g/mol. The molecule has 0 aliphatic carbocycles. The molecule has 1 aromatic heterocycles. The van der Waals surface area contributed by atoms with Gasteiger partial charge in [-0.25, -0.2) is 0 Å². The van der Waals surface area contributed by atoms with Crippen molar-refractivity contribution >= 4 is 29.1 Å². The van der Waals surface area contributed by atoms with Crippen molar-refractivity contribution in [3.63, 3.8) is 0 Å². The number of aromatic nitrogens is 3. The fraction of sp³-hybridized carbons (Fsp3) is 0.286. The van der Waals surface area contributed by atoms with Gasteiger partial charge in [-0.15, -0.1) is 10.2 Å². The normalized spacial score (nSPS) is 15.0. The van der Waals surface area contributed by atoms with Crippen LogP contribution in [0.3, 0.4) is 0 Å². The average Bonchev–Trinajstić information content (AvgIpc) is 2.88. The molecule has 28 heavy (non-hydrogen) atoms. The van der Waals surface area contributed by atoms with Crippen molar-refractivity contribution < 1.29 is 4.74 Å². The Balaban J connectivity index is 1.68. The van der Waals surface area contributed by atoms with Crippen LogP contribution in [0.5, 0.6) is 5.88 Å². The number of fused-ring (bicyclic) bond motifs is 3. The zero-order chi connectivity index (χ0) is 19.3. The Hall–Kier alpha value is -2.31. The molecule has 5 nitrogen and oxygen atoms in total. The quantitative estimate of drug-likeness (QED) is 0.397. The first-order chi connectivity index (χ1) is 13.7. The maximum atomic E-state index is 6.25. The number of rotatable bonds is 6. The molecule has 0 spiro atoms. The first-order valence-electron chi connectivity index (χ1n) is 9.40. The first-order valence-corrected chi connectivity index (χ1v) is 10.8. The predicted octanol–water partition coefficient (Wildman–Crippen LogP) is 5.98. The van der Waals surface area contributed by atoms with Crippen molar-refractivity contribution in [2.24, 2.45) is 0 Å². The standard InChI is InChI=1S/C21H21ClN4OS/c1-2-3-6-13-28-21-24-20-18(25-26-21)16-7-4-5-8-17(16)23-19(27-20)14-9-11-15(22)12-10-14/h4-5,7-12,19,23H,2-3,6,13H2,1H3. The minimum atomic E-state index is -0.394. The number of nitrogens with one attached hydrogen (secondary N) is 1. The topological polar surface area (TPSA) is 59.9 Å². The predicted molar refractivity (Wildman–Crippen MR) is 114 cm³/mol. The first kappa shape index (κ1) is 19.0.